The molecule has 0 N–H and O–H groups in total. The van der Waals surface area contributed by atoms with Crippen LogP contribution in [0.5, 0.6) is 11.5 Å². The zero-order chi connectivity index (χ0) is 44.4. The average molecular weight is 814 g/mol. The molecule has 0 radical (unpaired) electrons. The van der Waals surface area contributed by atoms with E-state index in [1.165, 1.54) is 76.9 Å². The molecule has 0 amide bonds. The minimum absolute atomic E-state index is 0.215. The van der Waals surface area contributed by atoms with Gasteiger partial charge in [-0.2, -0.15) is 0 Å². The second-order valence-corrected chi connectivity index (χ2v) is 19.0. The van der Waals surface area contributed by atoms with E-state index in [1.807, 2.05) is 18.3 Å². The van der Waals surface area contributed by atoms with Gasteiger partial charge in [0.2, 0.25) is 0 Å². The number of nitrogens with zero attached hydrogens (tertiary/aromatic N) is 4. The molecule has 5 heteroatoms. The summed E-state index contributed by atoms with van der Waals surface area (Å²) < 4.78 is 33.7. The maximum Gasteiger partial charge on any atom is 0.137 e. The van der Waals surface area contributed by atoms with Gasteiger partial charge in [-0.3, -0.25) is 4.57 Å². The lowest BCUT2D eigenvalue weighted by molar-refractivity contribution is -0.0418. The van der Waals surface area contributed by atoms with E-state index in [4.69, 9.17) is 13.8 Å². The van der Waals surface area contributed by atoms with Crippen molar-refractivity contribution < 1.29 is 8.85 Å². The molecule has 0 unspecified atom stereocenters. The second kappa shape index (κ2) is 14.1. The molecule has 0 saturated heterocycles. The zero-order valence-electron chi connectivity index (χ0n) is 39.0. The summed E-state index contributed by atoms with van der Waals surface area (Å²) in [5.74, 6) is 4.95. The van der Waals surface area contributed by atoms with Gasteiger partial charge in [0, 0.05) is 51.4 Å². The van der Waals surface area contributed by atoms with Crippen LogP contribution in [-0.4, -0.2) is 23.3 Å². The highest BCUT2D eigenvalue weighted by Crippen LogP contribution is 2.65. The molecule has 0 spiro atoms. The predicted molar refractivity (Wildman–Crippen MR) is 256 cm³/mol. The van der Waals surface area contributed by atoms with Crippen LogP contribution in [-0.2, 0) is 5.41 Å². The lowest BCUT2D eigenvalue weighted by Crippen LogP contribution is -2.56. The maximum absolute atomic E-state index is 8.13. The number of rotatable bonds is 7. The fraction of sp³-hybridized carbons (Fsp3) is 0.281. The lowest BCUT2D eigenvalue weighted by atomic mass is 9.42. The minimum Gasteiger partial charge on any atom is -0.457 e. The summed E-state index contributed by atoms with van der Waals surface area (Å²) in [6.45, 7) is 5.18. The highest BCUT2D eigenvalue weighted by molar-refractivity contribution is 6.09. The van der Waals surface area contributed by atoms with E-state index in [0.717, 1.165) is 68.9 Å². The fourth-order valence-corrected chi connectivity index (χ4v) is 13.2. The summed E-state index contributed by atoms with van der Waals surface area (Å²) in [5.41, 5.74) is 14.4. The van der Waals surface area contributed by atoms with Gasteiger partial charge in [-0.25, -0.2) is 4.98 Å². The number of para-hydroxylation sites is 3. The van der Waals surface area contributed by atoms with E-state index >= 15 is 0 Å². The van der Waals surface area contributed by atoms with Gasteiger partial charge in [0.25, 0.3) is 0 Å². The topological polar surface area (TPSA) is 33.5 Å². The number of fused-ring (bicyclic) bond motifs is 4. The number of ether oxygens (including phenoxy) is 1. The van der Waals surface area contributed by atoms with Crippen LogP contribution >= 0.6 is 0 Å². The molecule has 308 valence electrons. The maximum atomic E-state index is 8.13. The van der Waals surface area contributed by atoms with Gasteiger partial charge in [0.05, 0.1) is 29.1 Å². The van der Waals surface area contributed by atoms with E-state index < -0.39 is 6.85 Å². The molecule has 6 aromatic carbocycles. The van der Waals surface area contributed by atoms with Crippen molar-refractivity contribution in [1.29, 1.82) is 0 Å². The van der Waals surface area contributed by atoms with Crippen molar-refractivity contribution >= 4 is 38.9 Å². The zero-order valence-corrected chi connectivity index (χ0v) is 36.0. The van der Waals surface area contributed by atoms with Crippen LogP contribution < -0.4 is 14.5 Å². The van der Waals surface area contributed by atoms with Crippen molar-refractivity contribution in [2.45, 2.75) is 65.1 Å². The first-order chi connectivity index (χ1) is 31.4. The third-order valence-electron chi connectivity index (χ3n) is 15.2. The molecular formula is C57H54N4O. The molecule has 3 heterocycles. The minimum atomic E-state index is -2.14. The van der Waals surface area contributed by atoms with E-state index in [9.17, 15) is 0 Å². The first kappa shape index (κ1) is 34.3. The molecule has 0 atom stereocenters. The molecular weight excluding hydrogens is 757 g/mol. The Balaban J connectivity index is 0.990. The number of aryl methyl sites for hydroxylation is 4. The van der Waals surface area contributed by atoms with Crippen molar-refractivity contribution in [3.8, 4) is 28.4 Å². The monoisotopic (exact) mass is 813 g/mol. The molecule has 62 heavy (non-hydrogen) atoms. The molecule has 8 aromatic rings. The third kappa shape index (κ3) is 5.77. The molecule has 4 aliphatic carbocycles. The standard InChI is InChI=1S/C57H54N4O/c1-35-14-16-42(17-15-35)57(44-25-39-24-40(27-44)28-45(57)26-39)43-20-21-58-55(31-43)61-51-11-7-6-10-49(51)50-19-18-47(33-54(50)61)62-48-30-41(56-37(3)22-36(2)23-38(56)4)29-46(32-48)60-34-59(5)52-12-8-9-13-53(52)60/h6-23,29-33,39-40,44-45H,24-28,34H2,1-5H3/i1D3. The van der Waals surface area contributed by atoms with Crippen LogP contribution in [0, 0.1) is 51.3 Å². The smallest absolute Gasteiger partial charge is 0.137 e. The molecule has 1 aliphatic heterocycles. The van der Waals surface area contributed by atoms with Crippen LogP contribution in [0.25, 0.3) is 38.8 Å². The second-order valence-electron chi connectivity index (χ2n) is 19.0. The Bertz CT molecular complexity index is 3130. The number of hydrogen-bond acceptors (Lipinski definition) is 4. The van der Waals surface area contributed by atoms with Gasteiger partial charge in [-0.05, 0) is 171 Å². The Morgan fingerprint density at radius 2 is 1.34 bits per heavy atom. The Kier molecular flexibility index (Phi) is 7.80. The number of benzene rings is 6. The molecule has 5 nitrogen and oxygen atoms in total. The van der Waals surface area contributed by atoms with Gasteiger partial charge in [-0.15, -0.1) is 0 Å². The quantitative estimate of drug-likeness (QED) is 0.160. The summed E-state index contributed by atoms with van der Waals surface area (Å²) in [6.07, 6.45) is 8.23. The van der Waals surface area contributed by atoms with Crippen LogP contribution in [0.3, 0.4) is 0 Å². The van der Waals surface area contributed by atoms with Crippen molar-refractivity contribution in [1.82, 2.24) is 9.55 Å². The number of pyridine rings is 1. The van der Waals surface area contributed by atoms with Crippen LogP contribution in [0.4, 0.5) is 17.1 Å². The average Bonchev–Trinajstić information content (AvgIpc) is 3.80. The van der Waals surface area contributed by atoms with Gasteiger partial charge < -0.3 is 14.5 Å². The summed E-state index contributed by atoms with van der Waals surface area (Å²) in [5, 5.41) is 2.30. The van der Waals surface area contributed by atoms with Crippen molar-refractivity contribution in [3.63, 3.8) is 0 Å². The van der Waals surface area contributed by atoms with Crippen LogP contribution in [0.2, 0.25) is 0 Å². The van der Waals surface area contributed by atoms with Gasteiger partial charge in [0.1, 0.15) is 17.3 Å². The molecule has 5 aliphatic rings. The fourth-order valence-electron chi connectivity index (χ4n) is 13.2. The molecule has 4 saturated carbocycles. The Morgan fingerprint density at radius 1 is 0.629 bits per heavy atom. The van der Waals surface area contributed by atoms with Crippen LogP contribution in [0.1, 0.15) is 69.6 Å². The highest BCUT2D eigenvalue weighted by atomic mass is 16.5. The normalized spacial score (nSPS) is 23.5. The van der Waals surface area contributed by atoms with Crippen molar-refractivity contribution in [2.24, 2.45) is 23.7 Å². The van der Waals surface area contributed by atoms with E-state index in [0.29, 0.717) is 17.4 Å². The summed E-state index contributed by atoms with van der Waals surface area (Å²) in [6, 6.07) is 47.5. The number of aromatic nitrogens is 2. The first-order valence-electron chi connectivity index (χ1n) is 24.0. The Hall–Kier alpha value is -6.33. The molecule has 2 aromatic heterocycles. The van der Waals surface area contributed by atoms with Gasteiger partial charge in [0.15, 0.2) is 0 Å². The van der Waals surface area contributed by atoms with E-state index in [-0.39, 0.29) is 5.41 Å². The molecule has 13 rings (SSSR count). The highest BCUT2D eigenvalue weighted by Gasteiger charge is 2.58. The Morgan fingerprint density at radius 3 is 2.10 bits per heavy atom. The predicted octanol–water partition coefficient (Wildman–Crippen LogP) is 14.2. The van der Waals surface area contributed by atoms with E-state index in [1.54, 1.807) is 0 Å². The summed E-state index contributed by atoms with van der Waals surface area (Å²) in [7, 11) is 2.15. The van der Waals surface area contributed by atoms with Gasteiger partial charge in [-0.1, -0.05) is 77.9 Å². The summed E-state index contributed by atoms with van der Waals surface area (Å²) >= 11 is 0. The van der Waals surface area contributed by atoms with Crippen LogP contribution in [0.15, 0.2) is 140 Å². The first-order valence-corrected chi connectivity index (χ1v) is 22.5. The SMILES string of the molecule is [2H]C([2H])([2H])c1ccc(C2(c3ccnc(-n4c5ccccc5c5ccc(Oc6cc(-c7c(C)cc(C)cc7C)cc(N7CN(C)c8ccccc87)c6)cc54)c3)C3CC4CC(C3)CC2C4)cc1. The molecule has 4 bridgehead atoms. The van der Waals surface area contributed by atoms with E-state index in [2.05, 4.69) is 164 Å². The number of hydrogen-bond donors (Lipinski definition) is 0. The summed E-state index contributed by atoms with van der Waals surface area (Å²) in [4.78, 5) is 9.84. The molecule has 4 fully saturated rings. The lowest BCUT2D eigenvalue weighted by Gasteiger charge is -2.62. The van der Waals surface area contributed by atoms with Crippen molar-refractivity contribution in [3.05, 3.63) is 173 Å². The number of anilines is 3. The Labute approximate surface area is 369 Å². The van der Waals surface area contributed by atoms with Crippen molar-refractivity contribution in [2.75, 3.05) is 23.5 Å². The largest absolute Gasteiger partial charge is 0.457 e. The third-order valence-corrected chi connectivity index (χ3v) is 15.2. The van der Waals surface area contributed by atoms with Gasteiger partial charge >= 0.3 is 0 Å².